The zero-order valence-electron chi connectivity index (χ0n) is 33.4. The van der Waals surface area contributed by atoms with Gasteiger partial charge >= 0.3 is 0 Å². The van der Waals surface area contributed by atoms with Crippen LogP contribution in [0.15, 0.2) is 158 Å². The second-order valence-corrected chi connectivity index (χ2v) is 17.7. The minimum atomic E-state index is -0.143. The number of rotatable bonds is 6. The maximum Gasteiger partial charge on any atom is 0.0543 e. The van der Waals surface area contributed by atoms with E-state index in [0.717, 1.165) is 11.4 Å². The van der Waals surface area contributed by atoms with Crippen molar-refractivity contribution in [2.75, 3.05) is 4.90 Å². The average molecular weight is 714 g/mol. The first-order valence-corrected chi connectivity index (χ1v) is 20.0. The molecule has 1 heteroatoms. The molecule has 0 bridgehead atoms. The van der Waals surface area contributed by atoms with Crippen LogP contribution in [-0.2, 0) is 16.2 Å². The van der Waals surface area contributed by atoms with Crippen LogP contribution >= 0.6 is 0 Å². The molecule has 0 unspecified atom stereocenters. The molecule has 0 N–H and O–H groups in total. The Hall–Kier alpha value is -5.66. The normalized spacial score (nSPS) is 15.8. The van der Waals surface area contributed by atoms with Crippen LogP contribution in [-0.4, -0.2) is 0 Å². The highest BCUT2D eigenvalue weighted by Crippen LogP contribution is 2.55. The average Bonchev–Trinajstić information content (AvgIpc) is 3.42. The van der Waals surface area contributed by atoms with E-state index in [-0.39, 0.29) is 16.2 Å². The van der Waals surface area contributed by atoms with Gasteiger partial charge in [-0.1, -0.05) is 157 Å². The Labute approximate surface area is 328 Å². The minimum absolute atomic E-state index is 0.0962. The third-order valence-corrected chi connectivity index (χ3v) is 12.9. The molecule has 0 saturated heterocycles. The minimum Gasteiger partial charge on any atom is -0.310 e. The van der Waals surface area contributed by atoms with Gasteiger partial charge in [0.05, 0.1) is 5.69 Å². The molecule has 0 atom stereocenters. The van der Waals surface area contributed by atoms with Crippen LogP contribution in [0.4, 0.5) is 17.1 Å². The molecule has 2 aliphatic carbocycles. The summed E-state index contributed by atoms with van der Waals surface area (Å²) in [5.41, 5.74) is 20.8. The molecule has 272 valence electrons. The summed E-state index contributed by atoms with van der Waals surface area (Å²) in [5, 5.41) is 0. The summed E-state index contributed by atoms with van der Waals surface area (Å²) < 4.78 is 0. The monoisotopic (exact) mass is 713 g/mol. The molecule has 0 heterocycles. The quantitative estimate of drug-likeness (QED) is 0.166. The van der Waals surface area contributed by atoms with Crippen molar-refractivity contribution in [1.82, 2.24) is 0 Å². The van der Waals surface area contributed by atoms with Gasteiger partial charge in [0.15, 0.2) is 0 Å². The fourth-order valence-corrected chi connectivity index (χ4v) is 9.44. The van der Waals surface area contributed by atoms with Gasteiger partial charge < -0.3 is 4.90 Å². The summed E-state index contributed by atoms with van der Waals surface area (Å²) >= 11 is 0. The standard InChI is InChI=1S/C54H51N/c1-36-32-49-50(53(4,5)31-30-52(49,2)3)34-44(36)46-33-45-43-20-14-15-21-47(43)54(6,7)48(45)35-51(46)55(41-26-22-39(23-27-41)37-16-10-8-11-17-37)42-28-24-40(25-29-42)38-18-12-9-13-19-38/h8-29,32-35H,30-31H2,1-7H3. The molecular weight excluding hydrogens is 663 g/mol. The number of anilines is 3. The lowest BCUT2D eigenvalue weighted by Crippen LogP contribution is -2.34. The van der Waals surface area contributed by atoms with Crippen LogP contribution in [0.1, 0.15) is 82.2 Å². The van der Waals surface area contributed by atoms with Gasteiger partial charge in [-0.15, -0.1) is 0 Å². The summed E-state index contributed by atoms with van der Waals surface area (Å²) in [5.74, 6) is 0. The SMILES string of the molecule is Cc1cc2c(cc1-c1cc3c(cc1N(c1ccc(-c4ccccc4)cc1)c1ccc(-c4ccccc4)cc1)C(C)(C)c1ccccc1-3)C(C)(C)CCC2(C)C. The van der Waals surface area contributed by atoms with Crippen molar-refractivity contribution in [2.24, 2.45) is 0 Å². The Balaban J connectivity index is 1.32. The van der Waals surface area contributed by atoms with E-state index in [1.54, 1.807) is 0 Å². The molecular formula is C54H51N. The van der Waals surface area contributed by atoms with E-state index < -0.39 is 0 Å². The zero-order chi connectivity index (χ0) is 38.1. The molecule has 7 aromatic rings. The number of hydrogen-bond donors (Lipinski definition) is 0. The highest BCUT2D eigenvalue weighted by Gasteiger charge is 2.40. The highest BCUT2D eigenvalue weighted by molar-refractivity contribution is 5.96. The smallest absolute Gasteiger partial charge is 0.0543 e. The predicted octanol–water partition coefficient (Wildman–Crippen LogP) is 15.1. The summed E-state index contributed by atoms with van der Waals surface area (Å²) in [6, 6.07) is 58.9. The van der Waals surface area contributed by atoms with Gasteiger partial charge in [0.2, 0.25) is 0 Å². The zero-order valence-corrected chi connectivity index (χ0v) is 33.4. The van der Waals surface area contributed by atoms with Gasteiger partial charge in [0, 0.05) is 22.4 Å². The molecule has 0 aromatic heterocycles. The lowest BCUT2D eigenvalue weighted by atomic mass is 9.62. The highest BCUT2D eigenvalue weighted by atomic mass is 15.1. The third-order valence-electron chi connectivity index (χ3n) is 12.9. The molecule has 55 heavy (non-hydrogen) atoms. The molecule has 0 saturated carbocycles. The number of aryl methyl sites for hydroxylation is 1. The maximum atomic E-state index is 2.57. The largest absolute Gasteiger partial charge is 0.310 e. The molecule has 1 nitrogen and oxygen atoms in total. The van der Waals surface area contributed by atoms with Crippen LogP contribution < -0.4 is 4.90 Å². The van der Waals surface area contributed by atoms with Gasteiger partial charge in [-0.05, 0) is 140 Å². The van der Waals surface area contributed by atoms with E-state index in [1.807, 2.05) is 0 Å². The van der Waals surface area contributed by atoms with Crippen LogP contribution in [0.5, 0.6) is 0 Å². The molecule has 0 radical (unpaired) electrons. The van der Waals surface area contributed by atoms with Gasteiger partial charge in [0.1, 0.15) is 0 Å². The van der Waals surface area contributed by atoms with Crippen molar-refractivity contribution < 1.29 is 0 Å². The third kappa shape index (κ3) is 5.93. The predicted molar refractivity (Wildman–Crippen MR) is 235 cm³/mol. The number of fused-ring (bicyclic) bond motifs is 4. The van der Waals surface area contributed by atoms with E-state index in [0.29, 0.717) is 0 Å². The van der Waals surface area contributed by atoms with Gasteiger partial charge in [0.25, 0.3) is 0 Å². The maximum absolute atomic E-state index is 2.57. The molecule has 0 spiro atoms. The van der Waals surface area contributed by atoms with Crippen LogP contribution in [0.2, 0.25) is 0 Å². The summed E-state index contributed by atoms with van der Waals surface area (Å²) in [4.78, 5) is 2.51. The first kappa shape index (κ1) is 35.1. The Morgan fingerprint density at radius 2 is 0.855 bits per heavy atom. The number of hydrogen-bond acceptors (Lipinski definition) is 1. The second-order valence-electron chi connectivity index (χ2n) is 17.7. The van der Waals surface area contributed by atoms with Gasteiger partial charge in [-0.2, -0.15) is 0 Å². The summed E-state index contributed by atoms with van der Waals surface area (Å²) in [6.07, 6.45) is 2.38. The van der Waals surface area contributed by atoms with E-state index in [2.05, 4.69) is 211 Å². The Bertz CT molecular complexity index is 2450. The van der Waals surface area contributed by atoms with Crippen molar-refractivity contribution in [3.8, 4) is 44.5 Å². The lowest BCUT2D eigenvalue weighted by Gasteiger charge is -2.42. The topological polar surface area (TPSA) is 3.24 Å². The first-order chi connectivity index (χ1) is 26.4. The summed E-state index contributed by atoms with van der Waals surface area (Å²) in [7, 11) is 0. The van der Waals surface area contributed by atoms with Crippen molar-refractivity contribution in [3.63, 3.8) is 0 Å². The first-order valence-electron chi connectivity index (χ1n) is 20.0. The molecule has 2 aliphatic rings. The Morgan fingerprint density at radius 1 is 0.382 bits per heavy atom. The van der Waals surface area contributed by atoms with Crippen LogP contribution in [0, 0.1) is 6.92 Å². The van der Waals surface area contributed by atoms with E-state index in [1.165, 1.54) is 90.9 Å². The lowest BCUT2D eigenvalue weighted by molar-refractivity contribution is 0.332. The van der Waals surface area contributed by atoms with E-state index >= 15 is 0 Å². The summed E-state index contributed by atoms with van der Waals surface area (Å²) in [6.45, 7) is 16.9. The molecule has 9 rings (SSSR count). The van der Waals surface area contributed by atoms with Crippen molar-refractivity contribution in [3.05, 3.63) is 186 Å². The van der Waals surface area contributed by atoms with Crippen molar-refractivity contribution in [2.45, 2.75) is 77.6 Å². The van der Waals surface area contributed by atoms with Gasteiger partial charge in [-0.25, -0.2) is 0 Å². The second kappa shape index (κ2) is 13.0. The van der Waals surface area contributed by atoms with Crippen LogP contribution in [0.25, 0.3) is 44.5 Å². The number of benzene rings is 7. The Kier molecular flexibility index (Phi) is 8.28. The molecule has 0 aliphatic heterocycles. The molecule has 7 aromatic carbocycles. The fourth-order valence-electron chi connectivity index (χ4n) is 9.44. The molecule has 0 amide bonds. The Morgan fingerprint density at radius 3 is 1.40 bits per heavy atom. The van der Waals surface area contributed by atoms with Crippen molar-refractivity contribution >= 4 is 17.1 Å². The molecule has 0 fully saturated rings. The van der Waals surface area contributed by atoms with E-state index in [9.17, 15) is 0 Å². The van der Waals surface area contributed by atoms with Crippen molar-refractivity contribution in [1.29, 1.82) is 0 Å². The van der Waals surface area contributed by atoms with E-state index in [4.69, 9.17) is 0 Å². The fraction of sp³-hybridized carbons (Fsp3) is 0.222. The van der Waals surface area contributed by atoms with Gasteiger partial charge in [-0.3, -0.25) is 0 Å². The van der Waals surface area contributed by atoms with Crippen LogP contribution in [0.3, 0.4) is 0 Å². The number of nitrogens with zero attached hydrogens (tertiary/aromatic N) is 1.